The number of nitrogens with zero attached hydrogens (tertiary/aromatic N) is 1. The van der Waals surface area contributed by atoms with E-state index < -0.39 is 0 Å². The molecule has 108 valence electrons. The standard InChI is InChI=1S/C14H18N2O4/c1-2-10(9-17)15-13(18)7-16-8-14(19)20-12-6-4-3-5-11(12)16/h3-6,10,17H,2,7-9H2,1H3,(H,15,18). The van der Waals surface area contributed by atoms with Gasteiger partial charge < -0.3 is 20.1 Å². The lowest BCUT2D eigenvalue weighted by Gasteiger charge is -2.29. The number of aliphatic hydroxyl groups is 1. The highest BCUT2D eigenvalue weighted by Crippen LogP contribution is 2.30. The number of amides is 1. The second-order valence-electron chi connectivity index (χ2n) is 4.65. The molecule has 0 saturated heterocycles. The third kappa shape index (κ3) is 3.27. The zero-order chi connectivity index (χ0) is 14.5. The molecule has 0 radical (unpaired) electrons. The molecule has 1 heterocycles. The van der Waals surface area contributed by atoms with E-state index in [0.29, 0.717) is 12.2 Å². The fraction of sp³-hybridized carbons (Fsp3) is 0.429. The summed E-state index contributed by atoms with van der Waals surface area (Å²) < 4.78 is 5.11. The molecule has 0 saturated carbocycles. The van der Waals surface area contributed by atoms with Crippen LogP contribution in [0.3, 0.4) is 0 Å². The quantitative estimate of drug-likeness (QED) is 0.598. The van der Waals surface area contributed by atoms with Gasteiger partial charge in [0, 0.05) is 0 Å². The first-order chi connectivity index (χ1) is 9.63. The summed E-state index contributed by atoms with van der Waals surface area (Å²) in [7, 11) is 0. The number of benzene rings is 1. The summed E-state index contributed by atoms with van der Waals surface area (Å²) in [5.74, 6) is -0.146. The molecule has 1 amide bonds. The second-order valence-corrected chi connectivity index (χ2v) is 4.65. The molecule has 0 bridgehead atoms. The summed E-state index contributed by atoms with van der Waals surface area (Å²) in [6.07, 6.45) is 0.654. The summed E-state index contributed by atoms with van der Waals surface area (Å²) >= 11 is 0. The predicted molar refractivity (Wildman–Crippen MR) is 73.6 cm³/mol. The number of rotatable bonds is 5. The van der Waals surface area contributed by atoms with E-state index in [0.717, 1.165) is 5.69 Å². The van der Waals surface area contributed by atoms with E-state index in [1.54, 1.807) is 23.1 Å². The zero-order valence-electron chi connectivity index (χ0n) is 11.3. The van der Waals surface area contributed by atoms with Crippen molar-refractivity contribution >= 4 is 17.6 Å². The van der Waals surface area contributed by atoms with Crippen molar-refractivity contribution in [2.24, 2.45) is 0 Å². The van der Waals surface area contributed by atoms with E-state index >= 15 is 0 Å². The minimum absolute atomic E-state index is 0.0420. The average Bonchev–Trinajstić information content (AvgIpc) is 2.44. The van der Waals surface area contributed by atoms with Crippen LogP contribution in [0, 0.1) is 0 Å². The first-order valence-electron chi connectivity index (χ1n) is 6.59. The molecule has 1 aliphatic heterocycles. The summed E-state index contributed by atoms with van der Waals surface area (Å²) in [5.41, 5.74) is 0.722. The van der Waals surface area contributed by atoms with Crippen LogP contribution in [0.4, 0.5) is 5.69 Å². The smallest absolute Gasteiger partial charge is 0.331 e. The van der Waals surface area contributed by atoms with E-state index in [-0.39, 0.29) is 37.6 Å². The Bertz CT molecular complexity index is 500. The number of esters is 1. The lowest BCUT2D eigenvalue weighted by Crippen LogP contribution is -2.46. The van der Waals surface area contributed by atoms with Crippen molar-refractivity contribution in [2.75, 3.05) is 24.6 Å². The van der Waals surface area contributed by atoms with Crippen LogP contribution in [-0.4, -0.2) is 42.7 Å². The third-order valence-electron chi connectivity index (χ3n) is 3.16. The van der Waals surface area contributed by atoms with Crippen molar-refractivity contribution in [2.45, 2.75) is 19.4 Å². The number of aliphatic hydroxyl groups excluding tert-OH is 1. The van der Waals surface area contributed by atoms with Gasteiger partial charge in [0.1, 0.15) is 6.54 Å². The Morgan fingerprint density at radius 2 is 2.25 bits per heavy atom. The molecule has 6 nitrogen and oxygen atoms in total. The van der Waals surface area contributed by atoms with Crippen LogP contribution < -0.4 is 15.0 Å². The zero-order valence-corrected chi connectivity index (χ0v) is 11.3. The largest absolute Gasteiger partial charge is 0.423 e. The van der Waals surface area contributed by atoms with E-state index in [9.17, 15) is 9.59 Å². The number of nitrogens with one attached hydrogen (secondary N) is 1. The Kier molecular flexibility index (Phi) is 4.57. The molecule has 1 unspecified atom stereocenters. The summed E-state index contributed by atoms with van der Waals surface area (Å²) in [4.78, 5) is 25.1. The van der Waals surface area contributed by atoms with Crippen molar-refractivity contribution < 1.29 is 19.4 Å². The highest BCUT2D eigenvalue weighted by atomic mass is 16.5. The number of hydrogen-bond acceptors (Lipinski definition) is 5. The lowest BCUT2D eigenvalue weighted by molar-refractivity contribution is -0.133. The van der Waals surface area contributed by atoms with E-state index in [1.165, 1.54) is 0 Å². The summed E-state index contributed by atoms with van der Waals surface area (Å²) in [5, 5.41) is 11.8. The molecule has 0 fully saturated rings. The van der Waals surface area contributed by atoms with Gasteiger partial charge in [-0.25, -0.2) is 4.79 Å². The first kappa shape index (κ1) is 14.3. The van der Waals surface area contributed by atoms with Crippen molar-refractivity contribution in [1.29, 1.82) is 0 Å². The predicted octanol–water partition coefficient (Wildman–Crippen LogP) is 0.299. The summed E-state index contributed by atoms with van der Waals surface area (Å²) in [6.45, 7) is 1.89. The lowest BCUT2D eigenvalue weighted by atomic mass is 10.2. The average molecular weight is 278 g/mol. The molecule has 1 aromatic rings. The van der Waals surface area contributed by atoms with Gasteiger partial charge in [-0.05, 0) is 18.6 Å². The molecule has 0 aliphatic carbocycles. The molecule has 2 N–H and O–H groups in total. The number of anilines is 1. The summed E-state index contributed by atoms with van der Waals surface area (Å²) in [6, 6.07) is 6.84. The van der Waals surface area contributed by atoms with Crippen molar-refractivity contribution in [3.8, 4) is 5.75 Å². The van der Waals surface area contributed by atoms with Gasteiger partial charge in [-0.15, -0.1) is 0 Å². The SMILES string of the molecule is CCC(CO)NC(=O)CN1CC(=O)Oc2ccccc21. The molecular formula is C14H18N2O4. The van der Waals surface area contributed by atoms with Crippen molar-refractivity contribution in [1.82, 2.24) is 5.32 Å². The molecule has 1 atom stereocenters. The highest BCUT2D eigenvalue weighted by Gasteiger charge is 2.25. The molecule has 1 aromatic carbocycles. The number of hydrogen-bond donors (Lipinski definition) is 2. The van der Waals surface area contributed by atoms with Gasteiger partial charge in [-0.1, -0.05) is 19.1 Å². The number of para-hydroxylation sites is 2. The Balaban J connectivity index is 2.06. The van der Waals surface area contributed by atoms with E-state index in [1.807, 2.05) is 13.0 Å². The molecule has 0 spiro atoms. The van der Waals surface area contributed by atoms with Crippen molar-refractivity contribution in [3.63, 3.8) is 0 Å². The highest BCUT2D eigenvalue weighted by molar-refractivity contribution is 5.89. The van der Waals surface area contributed by atoms with Crippen LogP contribution >= 0.6 is 0 Å². The molecule has 2 rings (SSSR count). The normalized spacial score (nSPS) is 15.3. The molecule has 20 heavy (non-hydrogen) atoms. The van der Waals surface area contributed by atoms with Crippen LogP contribution in [0.2, 0.25) is 0 Å². The Morgan fingerprint density at radius 1 is 1.50 bits per heavy atom. The van der Waals surface area contributed by atoms with E-state index in [4.69, 9.17) is 9.84 Å². The van der Waals surface area contributed by atoms with Gasteiger partial charge >= 0.3 is 5.97 Å². The van der Waals surface area contributed by atoms with Gasteiger partial charge in [-0.2, -0.15) is 0 Å². The van der Waals surface area contributed by atoms with E-state index in [2.05, 4.69) is 5.32 Å². The Morgan fingerprint density at radius 3 is 2.95 bits per heavy atom. The fourth-order valence-electron chi connectivity index (χ4n) is 2.07. The van der Waals surface area contributed by atoms with Gasteiger partial charge in [-0.3, -0.25) is 4.79 Å². The van der Waals surface area contributed by atoms with Crippen LogP contribution in [0.15, 0.2) is 24.3 Å². The van der Waals surface area contributed by atoms with Crippen LogP contribution in [0.5, 0.6) is 5.75 Å². The number of fused-ring (bicyclic) bond motifs is 1. The van der Waals surface area contributed by atoms with Crippen LogP contribution in [0.25, 0.3) is 0 Å². The van der Waals surface area contributed by atoms with Gasteiger partial charge in [0.15, 0.2) is 5.75 Å². The second kappa shape index (κ2) is 6.38. The van der Waals surface area contributed by atoms with Gasteiger partial charge in [0.25, 0.3) is 0 Å². The maximum Gasteiger partial charge on any atom is 0.331 e. The monoisotopic (exact) mass is 278 g/mol. The first-order valence-corrected chi connectivity index (χ1v) is 6.59. The minimum Gasteiger partial charge on any atom is -0.423 e. The third-order valence-corrected chi connectivity index (χ3v) is 3.16. The van der Waals surface area contributed by atoms with Gasteiger partial charge in [0.2, 0.25) is 5.91 Å². The number of carbonyl (C=O) groups is 2. The molecule has 1 aliphatic rings. The molecule has 0 aromatic heterocycles. The number of ether oxygens (including phenoxy) is 1. The molecule has 6 heteroatoms. The Labute approximate surface area is 117 Å². The number of carbonyl (C=O) groups excluding carboxylic acids is 2. The fourth-order valence-corrected chi connectivity index (χ4v) is 2.07. The topological polar surface area (TPSA) is 78.9 Å². The minimum atomic E-state index is -0.384. The van der Waals surface area contributed by atoms with Crippen LogP contribution in [0.1, 0.15) is 13.3 Å². The van der Waals surface area contributed by atoms with Crippen LogP contribution in [-0.2, 0) is 9.59 Å². The molecular weight excluding hydrogens is 260 g/mol. The maximum atomic E-state index is 11.9. The Hall–Kier alpha value is -2.08. The maximum absolute atomic E-state index is 11.9. The van der Waals surface area contributed by atoms with Crippen molar-refractivity contribution in [3.05, 3.63) is 24.3 Å². The van der Waals surface area contributed by atoms with Gasteiger partial charge in [0.05, 0.1) is 24.9 Å².